The van der Waals surface area contributed by atoms with Gasteiger partial charge in [0.25, 0.3) is 5.95 Å². The summed E-state index contributed by atoms with van der Waals surface area (Å²) in [6, 6.07) is 1.88. The third kappa shape index (κ3) is 1.25. The summed E-state index contributed by atoms with van der Waals surface area (Å²) in [6.45, 7) is 4.55. The van der Waals surface area contributed by atoms with Crippen LogP contribution in [0.4, 0.5) is 0 Å². The summed E-state index contributed by atoms with van der Waals surface area (Å²) in [5.74, 6) is 0.637. The van der Waals surface area contributed by atoms with Crippen molar-refractivity contribution in [2.75, 3.05) is 6.61 Å². The molecule has 0 N–H and O–H groups in total. The molecule has 0 atom stereocenters. The van der Waals surface area contributed by atoms with Gasteiger partial charge in [0.1, 0.15) is 0 Å². The Labute approximate surface area is 54.4 Å². The highest BCUT2D eigenvalue weighted by molar-refractivity contribution is 5.19. The van der Waals surface area contributed by atoms with Gasteiger partial charge >= 0.3 is 0 Å². The zero-order valence-corrected chi connectivity index (χ0v) is 5.68. The van der Waals surface area contributed by atoms with E-state index < -0.39 is 0 Å². The minimum absolute atomic E-state index is 0.637. The standard InChI is InChI=1S/C7H10O2/c1-3-8-7-6(2)4-5-9-7/h4-5H,3H2,1-2H3. The van der Waals surface area contributed by atoms with Crippen LogP contribution in [0.25, 0.3) is 0 Å². The van der Waals surface area contributed by atoms with Gasteiger partial charge in [-0.3, -0.25) is 0 Å². The van der Waals surface area contributed by atoms with Crippen LogP contribution in [0, 0.1) is 6.92 Å². The Kier molecular flexibility index (Phi) is 1.78. The van der Waals surface area contributed by atoms with Gasteiger partial charge < -0.3 is 9.15 Å². The summed E-state index contributed by atoms with van der Waals surface area (Å²) in [5, 5.41) is 0. The first-order chi connectivity index (χ1) is 4.34. The number of aryl methyl sites for hydroxylation is 1. The van der Waals surface area contributed by atoms with Crippen molar-refractivity contribution < 1.29 is 9.15 Å². The molecule has 0 fully saturated rings. The van der Waals surface area contributed by atoms with Crippen molar-refractivity contribution in [3.63, 3.8) is 0 Å². The molecule has 0 aliphatic rings. The van der Waals surface area contributed by atoms with E-state index in [2.05, 4.69) is 0 Å². The van der Waals surface area contributed by atoms with Crippen LogP contribution in [-0.2, 0) is 0 Å². The van der Waals surface area contributed by atoms with E-state index in [1.54, 1.807) is 6.26 Å². The maximum absolute atomic E-state index is 5.11. The van der Waals surface area contributed by atoms with Gasteiger partial charge in [0.05, 0.1) is 12.9 Å². The highest BCUT2D eigenvalue weighted by atomic mass is 16.6. The van der Waals surface area contributed by atoms with Crippen LogP contribution in [0.1, 0.15) is 12.5 Å². The van der Waals surface area contributed by atoms with Crippen LogP contribution < -0.4 is 4.74 Å². The van der Waals surface area contributed by atoms with Gasteiger partial charge in [-0.1, -0.05) is 0 Å². The van der Waals surface area contributed by atoms with Crippen LogP contribution in [0.2, 0.25) is 0 Å². The van der Waals surface area contributed by atoms with Gasteiger partial charge in [0, 0.05) is 5.56 Å². The van der Waals surface area contributed by atoms with E-state index in [1.807, 2.05) is 19.9 Å². The lowest BCUT2D eigenvalue weighted by molar-refractivity contribution is 0.255. The smallest absolute Gasteiger partial charge is 0.287 e. The number of rotatable bonds is 2. The van der Waals surface area contributed by atoms with E-state index in [9.17, 15) is 0 Å². The van der Waals surface area contributed by atoms with Crippen LogP contribution in [0.15, 0.2) is 16.7 Å². The third-order valence-electron chi connectivity index (χ3n) is 1.09. The van der Waals surface area contributed by atoms with Crippen molar-refractivity contribution in [3.05, 3.63) is 17.9 Å². The predicted octanol–water partition coefficient (Wildman–Crippen LogP) is 1.99. The third-order valence-corrected chi connectivity index (χ3v) is 1.09. The maximum Gasteiger partial charge on any atom is 0.287 e. The van der Waals surface area contributed by atoms with E-state index >= 15 is 0 Å². The number of hydrogen-bond donors (Lipinski definition) is 0. The minimum atomic E-state index is 0.637. The van der Waals surface area contributed by atoms with E-state index in [-0.39, 0.29) is 0 Å². The highest BCUT2D eigenvalue weighted by Crippen LogP contribution is 2.17. The summed E-state index contributed by atoms with van der Waals surface area (Å²) in [5.41, 5.74) is 1.05. The topological polar surface area (TPSA) is 22.4 Å². The Morgan fingerprint density at radius 3 is 2.89 bits per heavy atom. The molecule has 1 heterocycles. The molecule has 0 unspecified atom stereocenters. The number of furan rings is 1. The van der Waals surface area contributed by atoms with Crippen LogP contribution >= 0.6 is 0 Å². The quantitative estimate of drug-likeness (QED) is 0.604. The molecular formula is C7H10O2. The molecule has 0 aliphatic carbocycles. The van der Waals surface area contributed by atoms with Gasteiger partial charge in [-0.05, 0) is 19.9 Å². The molecule has 1 aromatic rings. The average Bonchev–Trinajstić information content (AvgIpc) is 2.18. The van der Waals surface area contributed by atoms with Crippen molar-refractivity contribution in [2.24, 2.45) is 0 Å². The first-order valence-corrected chi connectivity index (χ1v) is 3.01. The molecule has 2 heteroatoms. The fourth-order valence-corrected chi connectivity index (χ4v) is 0.638. The monoisotopic (exact) mass is 126 g/mol. The first-order valence-electron chi connectivity index (χ1n) is 3.01. The van der Waals surface area contributed by atoms with E-state index in [0.29, 0.717) is 12.6 Å². The molecule has 0 saturated carbocycles. The summed E-state index contributed by atoms with van der Waals surface area (Å²) in [4.78, 5) is 0. The zero-order valence-electron chi connectivity index (χ0n) is 5.68. The lowest BCUT2D eigenvalue weighted by Crippen LogP contribution is -1.89. The molecule has 0 aromatic carbocycles. The lowest BCUT2D eigenvalue weighted by Gasteiger charge is -1.96. The molecule has 9 heavy (non-hydrogen) atoms. The minimum Gasteiger partial charge on any atom is -0.465 e. The molecule has 1 rings (SSSR count). The average molecular weight is 126 g/mol. The summed E-state index contributed by atoms with van der Waals surface area (Å²) < 4.78 is 10.1. The second-order valence-electron chi connectivity index (χ2n) is 1.82. The van der Waals surface area contributed by atoms with Crippen LogP contribution in [0.5, 0.6) is 5.95 Å². The van der Waals surface area contributed by atoms with Crippen molar-refractivity contribution >= 4 is 0 Å². The van der Waals surface area contributed by atoms with Crippen molar-refractivity contribution in [1.82, 2.24) is 0 Å². The molecule has 0 amide bonds. The second kappa shape index (κ2) is 2.58. The molecule has 0 spiro atoms. The van der Waals surface area contributed by atoms with Gasteiger partial charge in [-0.2, -0.15) is 0 Å². The molecule has 0 bridgehead atoms. The first kappa shape index (κ1) is 6.20. The molecule has 0 aliphatic heterocycles. The van der Waals surface area contributed by atoms with Gasteiger partial charge in [0.2, 0.25) is 0 Å². The van der Waals surface area contributed by atoms with Gasteiger partial charge in [-0.15, -0.1) is 0 Å². The maximum atomic E-state index is 5.11. The Morgan fingerprint density at radius 1 is 1.67 bits per heavy atom. The Hall–Kier alpha value is -0.920. The van der Waals surface area contributed by atoms with Crippen molar-refractivity contribution in [3.8, 4) is 5.95 Å². The van der Waals surface area contributed by atoms with Crippen molar-refractivity contribution in [2.45, 2.75) is 13.8 Å². The Balaban J connectivity index is 2.69. The van der Waals surface area contributed by atoms with E-state index in [0.717, 1.165) is 5.56 Å². The van der Waals surface area contributed by atoms with E-state index in [4.69, 9.17) is 9.15 Å². The lowest BCUT2D eigenvalue weighted by atomic mass is 10.4. The highest BCUT2D eigenvalue weighted by Gasteiger charge is 1.98. The fraction of sp³-hybridized carbons (Fsp3) is 0.429. The van der Waals surface area contributed by atoms with Crippen LogP contribution in [0.3, 0.4) is 0 Å². The molecule has 1 aromatic heterocycles. The molecule has 50 valence electrons. The van der Waals surface area contributed by atoms with Crippen LogP contribution in [-0.4, -0.2) is 6.61 Å². The molecule has 0 saturated heterocycles. The van der Waals surface area contributed by atoms with Gasteiger partial charge in [0.15, 0.2) is 0 Å². The fourth-order valence-electron chi connectivity index (χ4n) is 0.638. The van der Waals surface area contributed by atoms with E-state index in [1.165, 1.54) is 0 Å². The summed E-state index contributed by atoms with van der Waals surface area (Å²) >= 11 is 0. The normalized spacial score (nSPS) is 9.56. The molecule has 2 nitrogen and oxygen atoms in total. The number of hydrogen-bond acceptors (Lipinski definition) is 2. The summed E-state index contributed by atoms with van der Waals surface area (Å²) in [7, 11) is 0. The molecule has 0 radical (unpaired) electrons. The zero-order chi connectivity index (χ0) is 6.69. The SMILES string of the molecule is CCOc1occc1C. The number of ether oxygens (including phenoxy) is 1. The second-order valence-corrected chi connectivity index (χ2v) is 1.82. The molecular weight excluding hydrogens is 116 g/mol. The summed E-state index contributed by atoms with van der Waals surface area (Å²) in [6.07, 6.45) is 1.63. The largest absolute Gasteiger partial charge is 0.465 e. The Bertz CT molecular complexity index is 179. The Morgan fingerprint density at radius 2 is 2.44 bits per heavy atom. The van der Waals surface area contributed by atoms with Crippen molar-refractivity contribution in [1.29, 1.82) is 0 Å². The predicted molar refractivity (Wildman–Crippen MR) is 34.6 cm³/mol. The van der Waals surface area contributed by atoms with Gasteiger partial charge in [-0.25, -0.2) is 0 Å².